The first-order valence-corrected chi connectivity index (χ1v) is 9.34. The van der Waals surface area contributed by atoms with E-state index >= 15 is 0 Å². The summed E-state index contributed by atoms with van der Waals surface area (Å²) < 4.78 is 0. The summed E-state index contributed by atoms with van der Waals surface area (Å²) in [4.78, 5) is 17.8. The Morgan fingerprint density at radius 3 is 2.83 bits per heavy atom. The average Bonchev–Trinajstić information content (AvgIpc) is 3.09. The van der Waals surface area contributed by atoms with Crippen molar-refractivity contribution in [1.82, 2.24) is 4.90 Å². The first-order valence-electron chi connectivity index (χ1n) is 9.34. The van der Waals surface area contributed by atoms with Crippen molar-refractivity contribution in [2.45, 2.75) is 56.2 Å². The molecule has 24 heavy (non-hydrogen) atoms. The van der Waals surface area contributed by atoms with Crippen LogP contribution in [-0.2, 0) is 10.2 Å². The molecule has 0 aromatic heterocycles. The lowest BCUT2D eigenvalue weighted by atomic mass is 9.50. The monoisotopic (exact) mass is 326 g/mol. The fourth-order valence-electron chi connectivity index (χ4n) is 6.83. The number of rotatable bonds is 1. The predicted molar refractivity (Wildman–Crippen MR) is 93.0 cm³/mol. The van der Waals surface area contributed by atoms with Gasteiger partial charge in [-0.25, -0.2) is 0 Å². The van der Waals surface area contributed by atoms with Gasteiger partial charge >= 0.3 is 0 Å². The predicted octanol–water partition coefficient (Wildman–Crippen LogP) is 2.30. The quantitative estimate of drug-likeness (QED) is 0.860. The standard InChI is InChI=1S/C20H26N2O2/c1-3-18-9-6-11-22-12-10-19(17(18)22)14-7-4-5-8-15(14)21(2)20(19,24)16(23)13-18/h4-5,7-8,17,24H,3,6,9-13H2,1-2H3/t17-,18-,19+,20+/m0/s1. The molecule has 1 aromatic carbocycles. The molecular weight excluding hydrogens is 300 g/mol. The van der Waals surface area contributed by atoms with Crippen molar-refractivity contribution in [1.29, 1.82) is 0 Å². The van der Waals surface area contributed by atoms with E-state index in [4.69, 9.17) is 0 Å². The molecule has 0 unspecified atom stereocenters. The summed E-state index contributed by atoms with van der Waals surface area (Å²) in [5, 5.41) is 11.8. The van der Waals surface area contributed by atoms with Crippen LogP contribution in [-0.4, -0.2) is 47.7 Å². The number of aliphatic hydroxyl groups is 1. The van der Waals surface area contributed by atoms with Crippen molar-refractivity contribution in [3.63, 3.8) is 0 Å². The van der Waals surface area contributed by atoms with Crippen LogP contribution in [0.2, 0.25) is 0 Å². The molecule has 0 bridgehead atoms. The molecule has 0 amide bonds. The van der Waals surface area contributed by atoms with Crippen molar-refractivity contribution in [3.8, 4) is 0 Å². The van der Waals surface area contributed by atoms with Gasteiger partial charge in [0.15, 0.2) is 5.78 Å². The number of benzene rings is 1. The Morgan fingerprint density at radius 2 is 2.04 bits per heavy atom. The average molecular weight is 326 g/mol. The molecule has 1 aromatic rings. The van der Waals surface area contributed by atoms with Crippen LogP contribution < -0.4 is 4.90 Å². The third-order valence-corrected chi connectivity index (χ3v) is 7.78. The third kappa shape index (κ3) is 1.32. The smallest absolute Gasteiger partial charge is 0.209 e. The van der Waals surface area contributed by atoms with Crippen LogP contribution in [0.25, 0.3) is 0 Å². The zero-order chi connectivity index (χ0) is 16.7. The summed E-state index contributed by atoms with van der Waals surface area (Å²) in [6, 6.07) is 8.56. The summed E-state index contributed by atoms with van der Waals surface area (Å²) >= 11 is 0. The molecular formula is C20H26N2O2. The molecule has 0 radical (unpaired) electrons. The SMILES string of the molecule is CC[C@]12CCCN3CC[C@@]4(c5ccccc5N(C)[C@@]4(O)C(=O)C1)[C@@H]32. The van der Waals surface area contributed by atoms with Gasteiger partial charge in [0.05, 0.1) is 5.41 Å². The van der Waals surface area contributed by atoms with E-state index < -0.39 is 11.1 Å². The normalized spacial score (nSPS) is 43.5. The summed E-state index contributed by atoms with van der Waals surface area (Å²) in [7, 11) is 1.90. The lowest BCUT2D eigenvalue weighted by Crippen LogP contribution is -2.74. The molecule has 3 heterocycles. The fourth-order valence-corrected chi connectivity index (χ4v) is 6.83. The van der Waals surface area contributed by atoms with Gasteiger partial charge < -0.3 is 10.0 Å². The lowest BCUT2D eigenvalue weighted by molar-refractivity contribution is -0.169. The first kappa shape index (κ1) is 14.9. The molecule has 4 heteroatoms. The van der Waals surface area contributed by atoms with Crippen molar-refractivity contribution in [3.05, 3.63) is 29.8 Å². The second kappa shape index (κ2) is 4.41. The number of Topliss-reactive ketones (excluding diaryl/α,β-unsaturated/α-hetero) is 1. The number of carbonyl (C=O) groups excluding carboxylic acids is 1. The van der Waals surface area contributed by atoms with Gasteiger partial charge in [0.25, 0.3) is 0 Å². The van der Waals surface area contributed by atoms with Crippen molar-refractivity contribution >= 4 is 11.5 Å². The number of carbonyl (C=O) groups is 1. The number of piperidine rings is 1. The van der Waals surface area contributed by atoms with E-state index in [0.717, 1.165) is 38.0 Å². The fraction of sp³-hybridized carbons (Fsp3) is 0.650. The molecule has 4 atom stereocenters. The molecule has 128 valence electrons. The van der Waals surface area contributed by atoms with Crippen LogP contribution in [0.5, 0.6) is 0 Å². The third-order valence-electron chi connectivity index (χ3n) is 7.78. The second-order valence-electron chi connectivity index (χ2n) is 8.33. The maximum Gasteiger partial charge on any atom is 0.209 e. The first-order chi connectivity index (χ1) is 11.5. The Hall–Kier alpha value is -1.39. The van der Waals surface area contributed by atoms with Crippen LogP contribution in [0.4, 0.5) is 5.69 Å². The highest BCUT2D eigenvalue weighted by molar-refractivity contribution is 5.97. The van der Waals surface area contributed by atoms with Crippen molar-refractivity contribution in [2.24, 2.45) is 5.41 Å². The molecule has 4 nitrogen and oxygen atoms in total. The van der Waals surface area contributed by atoms with E-state index in [1.165, 1.54) is 12.0 Å². The number of anilines is 1. The number of fused-ring (bicyclic) bond motifs is 1. The number of nitrogens with zero attached hydrogens (tertiary/aromatic N) is 2. The highest BCUT2D eigenvalue weighted by Gasteiger charge is 2.76. The molecule has 5 rings (SSSR count). The molecule has 2 saturated heterocycles. The van der Waals surface area contributed by atoms with Crippen LogP contribution in [0.3, 0.4) is 0 Å². The molecule has 3 aliphatic heterocycles. The Labute approximate surface area is 143 Å². The summed E-state index contributed by atoms with van der Waals surface area (Å²) in [6.45, 7) is 4.33. The molecule has 1 N–H and O–H groups in total. The zero-order valence-electron chi connectivity index (χ0n) is 14.6. The number of para-hydroxylation sites is 1. The number of hydrogen-bond acceptors (Lipinski definition) is 4. The van der Waals surface area contributed by atoms with E-state index in [2.05, 4.69) is 30.0 Å². The number of ketones is 1. The van der Waals surface area contributed by atoms with Gasteiger partial charge in [0, 0.05) is 25.2 Å². The Kier molecular flexibility index (Phi) is 2.74. The van der Waals surface area contributed by atoms with Crippen molar-refractivity contribution < 1.29 is 9.90 Å². The van der Waals surface area contributed by atoms with E-state index in [1.54, 1.807) is 0 Å². The van der Waals surface area contributed by atoms with E-state index in [1.807, 2.05) is 18.0 Å². The van der Waals surface area contributed by atoms with Crippen LogP contribution in [0, 0.1) is 5.41 Å². The van der Waals surface area contributed by atoms with E-state index in [-0.39, 0.29) is 17.2 Å². The van der Waals surface area contributed by atoms with Crippen LogP contribution in [0.1, 0.15) is 44.6 Å². The minimum absolute atomic E-state index is 0.0242. The minimum Gasteiger partial charge on any atom is -0.364 e. The molecule has 4 aliphatic rings. The molecule has 1 spiro atoms. The second-order valence-corrected chi connectivity index (χ2v) is 8.33. The van der Waals surface area contributed by atoms with Gasteiger partial charge in [0.1, 0.15) is 0 Å². The highest BCUT2D eigenvalue weighted by Crippen LogP contribution is 2.67. The number of likely N-dealkylation sites (N-methyl/N-ethyl adjacent to an activating group) is 1. The largest absolute Gasteiger partial charge is 0.364 e. The van der Waals surface area contributed by atoms with Gasteiger partial charge in [-0.15, -0.1) is 0 Å². The maximum atomic E-state index is 13.4. The summed E-state index contributed by atoms with van der Waals surface area (Å²) in [5.74, 6) is 0.0306. The molecule has 3 fully saturated rings. The molecule has 1 aliphatic carbocycles. The minimum atomic E-state index is -1.38. The maximum absolute atomic E-state index is 13.4. The van der Waals surface area contributed by atoms with Gasteiger partial charge in [-0.1, -0.05) is 25.1 Å². The topological polar surface area (TPSA) is 43.8 Å². The van der Waals surface area contributed by atoms with E-state index in [0.29, 0.717) is 6.42 Å². The summed E-state index contributed by atoms with van der Waals surface area (Å²) in [5.41, 5.74) is 0.398. The zero-order valence-corrected chi connectivity index (χ0v) is 14.6. The Bertz CT molecular complexity index is 734. The van der Waals surface area contributed by atoms with Crippen LogP contribution in [0.15, 0.2) is 24.3 Å². The summed E-state index contributed by atoms with van der Waals surface area (Å²) in [6.07, 6.45) is 4.69. The lowest BCUT2D eigenvalue weighted by Gasteiger charge is -2.60. The van der Waals surface area contributed by atoms with E-state index in [9.17, 15) is 9.90 Å². The number of hydrogen-bond donors (Lipinski definition) is 1. The molecule has 1 saturated carbocycles. The highest BCUT2D eigenvalue weighted by atomic mass is 16.3. The van der Waals surface area contributed by atoms with Gasteiger partial charge in [0.2, 0.25) is 5.72 Å². The van der Waals surface area contributed by atoms with Crippen LogP contribution >= 0.6 is 0 Å². The van der Waals surface area contributed by atoms with Crippen molar-refractivity contribution in [2.75, 3.05) is 25.0 Å². The van der Waals surface area contributed by atoms with Gasteiger partial charge in [-0.3, -0.25) is 9.69 Å². The van der Waals surface area contributed by atoms with Gasteiger partial charge in [-0.05, 0) is 55.8 Å². The Morgan fingerprint density at radius 1 is 1.25 bits per heavy atom. The van der Waals surface area contributed by atoms with Gasteiger partial charge in [-0.2, -0.15) is 0 Å². The Balaban J connectivity index is 1.83.